The van der Waals surface area contributed by atoms with E-state index in [2.05, 4.69) is 4.57 Å². The largest absolute Gasteiger partial charge is 0.383 e. The molecule has 5 rings (SSSR count). The zero-order valence-corrected chi connectivity index (χ0v) is 17.6. The van der Waals surface area contributed by atoms with Crippen LogP contribution >= 0.6 is 11.6 Å². The number of benzene rings is 1. The molecule has 1 amide bonds. The average molecular weight is 426 g/mol. The zero-order chi connectivity index (χ0) is 20.8. The molecule has 2 bridgehead atoms. The molecule has 1 aromatic carbocycles. The Kier molecular flexibility index (Phi) is 4.91. The fraction of sp³-hybridized carbons (Fsp3) is 0.391. The van der Waals surface area contributed by atoms with Gasteiger partial charge in [0.2, 0.25) is 0 Å². The molecule has 0 N–H and O–H groups in total. The summed E-state index contributed by atoms with van der Waals surface area (Å²) in [5.74, 6) is 0.520. The Morgan fingerprint density at radius 1 is 1.20 bits per heavy atom. The molecule has 4 heterocycles. The topological polar surface area (TPSA) is 56.5 Å². The first-order chi connectivity index (χ1) is 14.5. The summed E-state index contributed by atoms with van der Waals surface area (Å²) in [5, 5.41) is 1.49. The van der Waals surface area contributed by atoms with Crippen LogP contribution in [0, 0.1) is 5.92 Å². The van der Waals surface area contributed by atoms with E-state index in [9.17, 15) is 9.59 Å². The van der Waals surface area contributed by atoms with Crippen molar-refractivity contribution < 1.29 is 9.53 Å². The van der Waals surface area contributed by atoms with Crippen molar-refractivity contribution in [1.82, 2.24) is 14.0 Å². The van der Waals surface area contributed by atoms with Crippen LogP contribution in [0.4, 0.5) is 0 Å². The van der Waals surface area contributed by atoms with Crippen molar-refractivity contribution in [3.8, 4) is 0 Å². The van der Waals surface area contributed by atoms with E-state index in [-0.39, 0.29) is 17.4 Å². The SMILES string of the molecule is COCCn1cc(C(=O)N2C[C@H]3C[C@@H](C2)c2cccc(=O)n2C3)c2cc(Cl)ccc21. The van der Waals surface area contributed by atoms with Gasteiger partial charge in [-0.05, 0) is 36.6 Å². The van der Waals surface area contributed by atoms with Crippen molar-refractivity contribution in [1.29, 1.82) is 0 Å². The molecule has 2 atom stereocenters. The van der Waals surface area contributed by atoms with E-state index in [1.165, 1.54) is 0 Å². The summed E-state index contributed by atoms with van der Waals surface area (Å²) in [7, 11) is 1.67. The molecule has 1 saturated heterocycles. The maximum atomic E-state index is 13.6. The van der Waals surface area contributed by atoms with Gasteiger partial charge in [0.25, 0.3) is 11.5 Å². The number of piperidine rings is 1. The van der Waals surface area contributed by atoms with Gasteiger partial charge in [-0.1, -0.05) is 17.7 Å². The standard InChI is InChI=1S/C23H24ClN3O3/c1-30-8-7-25-14-19(18-10-17(24)5-6-21(18)25)23(29)26-11-15-9-16(13-26)20-3-2-4-22(28)27(20)12-15/h2-6,10,14-16H,7-9,11-13H2,1H3/t15-,16+/m1/s1. The highest BCUT2D eigenvalue weighted by molar-refractivity contribution is 6.31. The molecule has 2 aliphatic rings. The molecule has 0 radical (unpaired) electrons. The first kappa shape index (κ1) is 19.4. The molecular weight excluding hydrogens is 402 g/mol. The van der Waals surface area contributed by atoms with Gasteiger partial charge < -0.3 is 18.8 Å². The van der Waals surface area contributed by atoms with Gasteiger partial charge in [-0.3, -0.25) is 9.59 Å². The lowest BCUT2D eigenvalue weighted by atomic mass is 9.83. The van der Waals surface area contributed by atoms with Crippen LogP contribution in [0.25, 0.3) is 10.9 Å². The highest BCUT2D eigenvalue weighted by atomic mass is 35.5. The number of amides is 1. The van der Waals surface area contributed by atoms with Gasteiger partial charge in [-0.2, -0.15) is 0 Å². The van der Waals surface area contributed by atoms with Crippen LogP contribution in [0.15, 0.2) is 47.4 Å². The van der Waals surface area contributed by atoms with Crippen molar-refractivity contribution in [3.05, 3.63) is 69.2 Å². The maximum Gasteiger partial charge on any atom is 0.256 e. The lowest BCUT2D eigenvalue weighted by Crippen LogP contribution is -2.49. The molecule has 3 aromatic rings. The van der Waals surface area contributed by atoms with Crippen LogP contribution in [-0.4, -0.2) is 46.7 Å². The Bertz CT molecular complexity index is 1180. The average Bonchev–Trinajstić information content (AvgIpc) is 3.10. The Balaban J connectivity index is 1.49. The molecule has 0 saturated carbocycles. The minimum absolute atomic E-state index is 0.0276. The second kappa shape index (κ2) is 7.60. The Morgan fingerprint density at radius 3 is 2.90 bits per heavy atom. The number of nitrogens with zero attached hydrogens (tertiary/aromatic N) is 3. The fourth-order valence-electron chi connectivity index (χ4n) is 5.05. The third-order valence-corrected chi connectivity index (χ3v) is 6.61. The van der Waals surface area contributed by atoms with Crippen LogP contribution in [0.2, 0.25) is 5.02 Å². The number of methoxy groups -OCH3 is 1. The molecule has 0 unspecified atom stereocenters. The number of fused-ring (bicyclic) bond motifs is 5. The van der Waals surface area contributed by atoms with Crippen molar-refractivity contribution in [3.63, 3.8) is 0 Å². The highest BCUT2D eigenvalue weighted by Gasteiger charge is 2.37. The van der Waals surface area contributed by atoms with Gasteiger partial charge in [0.15, 0.2) is 0 Å². The Labute approximate surface area is 179 Å². The van der Waals surface area contributed by atoms with E-state index < -0.39 is 0 Å². The summed E-state index contributed by atoms with van der Waals surface area (Å²) in [5.41, 5.74) is 2.75. The van der Waals surface area contributed by atoms with Gasteiger partial charge >= 0.3 is 0 Å². The van der Waals surface area contributed by atoms with Crippen LogP contribution in [0.3, 0.4) is 0 Å². The smallest absolute Gasteiger partial charge is 0.256 e. The molecule has 0 aliphatic carbocycles. The molecule has 156 valence electrons. The number of ether oxygens (including phenoxy) is 1. The van der Waals surface area contributed by atoms with Gasteiger partial charge in [0.1, 0.15) is 0 Å². The number of rotatable bonds is 4. The van der Waals surface area contributed by atoms with E-state index in [4.69, 9.17) is 16.3 Å². The lowest BCUT2D eigenvalue weighted by molar-refractivity contribution is 0.0596. The zero-order valence-electron chi connectivity index (χ0n) is 16.9. The molecule has 2 aromatic heterocycles. The molecule has 1 fully saturated rings. The van der Waals surface area contributed by atoms with E-state index in [1.54, 1.807) is 13.2 Å². The Morgan fingerprint density at radius 2 is 2.07 bits per heavy atom. The quantitative estimate of drug-likeness (QED) is 0.644. The number of carbonyl (C=O) groups is 1. The normalized spacial score (nSPS) is 20.4. The summed E-state index contributed by atoms with van der Waals surface area (Å²) in [4.78, 5) is 27.8. The summed E-state index contributed by atoms with van der Waals surface area (Å²) in [6, 6.07) is 11.1. The van der Waals surface area contributed by atoms with Crippen molar-refractivity contribution in [2.75, 3.05) is 26.8 Å². The summed E-state index contributed by atoms with van der Waals surface area (Å²) < 4.78 is 9.17. The third-order valence-electron chi connectivity index (χ3n) is 6.38. The predicted octanol–water partition coefficient (Wildman–Crippen LogP) is 3.36. The number of hydrogen-bond donors (Lipinski definition) is 0. The van der Waals surface area contributed by atoms with Crippen molar-refractivity contribution in [2.45, 2.75) is 25.4 Å². The highest BCUT2D eigenvalue weighted by Crippen LogP contribution is 2.36. The predicted molar refractivity (Wildman–Crippen MR) is 116 cm³/mol. The fourth-order valence-corrected chi connectivity index (χ4v) is 5.22. The minimum Gasteiger partial charge on any atom is -0.383 e. The lowest BCUT2D eigenvalue weighted by Gasteiger charge is -2.42. The number of pyridine rings is 1. The summed E-state index contributed by atoms with van der Waals surface area (Å²) in [6.45, 7) is 3.21. The molecule has 6 nitrogen and oxygen atoms in total. The maximum absolute atomic E-state index is 13.6. The second-order valence-corrected chi connectivity index (χ2v) is 8.74. The number of aromatic nitrogens is 2. The van der Waals surface area contributed by atoms with Gasteiger partial charge in [0.05, 0.1) is 12.2 Å². The first-order valence-corrected chi connectivity index (χ1v) is 10.7. The Hall–Kier alpha value is -2.57. The van der Waals surface area contributed by atoms with Crippen LogP contribution in [-0.2, 0) is 17.8 Å². The molecule has 30 heavy (non-hydrogen) atoms. The van der Waals surface area contributed by atoms with Gasteiger partial charge in [-0.25, -0.2) is 0 Å². The van der Waals surface area contributed by atoms with Gasteiger partial charge in [-0.15, -0.1) is 0 Å². The monoisotopic (exact) mass is 425 g/mol. The van der Waals surface area contributed by atoms with Crippen molar-refractivity contribution >= 4 is 28.4 Å². The number of carbonyl (C=O) groups excluding carboxylic acids is 1. The summed E-state index contributed by atoms with van der Waals surface area (Å²) >= 11 is 6.25. The molecule has 2 aliphatic heterocycles. The van der Waals surface area contributed by atoms with Crippen LogP contribution in [0.5, 0.6) is 0 Å². The number of halogens is 1. The first-order valence-electron chi connectivity index (χ1n) is 10.3. The van der Waals surface area contributed by atoms with E-state index in [1.807, 2.05) is 46.0 Å². The van der Waals surface area contributed by atoms with E-state index >= 15 is 0 Å². The molecular formula is C23H24ClN3O3. The van der Waals surface area contributed by atoms with Crippen LogP contribution in [0.1, 0.15) is 28.4 Å². The second-order valence-electron chi connectivity index (χ2n) is 8.30. The molecule has 7 heteroatoms. The van der Waals surface area contributed by atoms with E-state index in [0.29, 0.717) is 49.3 Å². The van der Waals surface area contributed by atoms with Crippen molar-refractivity contribution in [2.24, 2.45) is 5.92 Å². The molecule has 0 spiro atoms. The van der Waals surface area contributed by atoms with Crippen LogP contribution < -0.4 is 5.56 Å². The van der Waals surface area contributed by atoms with Gasteiger partial charge in [0, 0.05) is 73.1 Å². The third kappa shape index (κ3) is 3.24. The number of hydrogen-bond acceptors (Lipinski definition) is 3. The summed E-state index contributed by atoms with van der Waals surface area (Å²) in [6.07, 6.45) is 2.94. The number of likely N-dealkylation sites (tertiary alicyclic amines) is 1. The van der Waals surface area contributed by atoms with E-state index in [0.717, 1.165) is 23.0 Å². The minimum atomic E-state index is 0.0276.